The van der Waals surface area contributed by atoms with Crippen LogP contribution in [-0.2, 0) is 17.9 Å². The first-order chi connectivity index (χ1) is 12.6. The zero-order chi connectivity index (χ0) is 18.5. The van der Waals surface area contributed by atoms with Gasteiger partial charge in [0.25, 0.3) is 0 Å². The standard InChI is InChI=1S/C19H20N2O5/c1-13(22)21(12-16-5-4-8-25-16)11-14-9-19(26-20-14)17-10-15(23-2)6-7-18(17)24-3/h4-10H,11-12H2,1-3H3. The predicted octanol–water partition coefficient (Wildman–Crippen LogP) is 3.50. The minimum Gasteiger partial charge on any atom is -0.497 e. The third-order valence-electron chi connectivity index (χ3n) is 3.96. The Hall–Kier alpha value is -3.22. The first-order valence-electron chi connectivity index (χ1n) is 8.06. The number of amides is 1. The molecule has 0 bridgehead atoms. The fraction of sp³-hybridized carbons (Fsp3) is 0.263. The van der Waals surface area contributed by atoms with Gasteiger partial charge in [-0.1, -0.05) is 5.16 Å². The summed E-state index contributed by atoms with van der Waals surface area (Å²) >= 11 is 0. The second kappa shape index (κ2) is 7.77. The lowest BCUT2D eigenvalue weighted by molar-refractivity contribution is -0.130. The van der Waals surface area contributed by atoms with E-state index in [1.54, 1.807) is 49.6 Å². The number of aromatic nitrogens is 1. The van der Waals surface area contributed by atoms with E-state index in [2.05, 4.69) is 5.16 Å². The van der Waals surface area contributed by atoms with E-state index in [4.69, 9.17) is 18.4 Å². The second-order valence-electron chi connectivity index (χ2n) is 5.70. The molecule has 0 saturated carbocycles. The number of methoxy groups -OCH3 is 2. The summed E-state index contributed by atoms with van der Waals surface area (Å²) in [5.74, 6) is 2.50. The van der Waals surface area contributed by atoms with Gasteiger partial charge >= 0.3 is 0 Å². The number of carbonyl (C=O) groups excluding carboxylic acids is 1. The highest BCUT2D eigenvalue weighted by atomic mass is 16.5. The Morgan fingerprint density at radius 1 is 1.15 bits per heavy atom. The molecule has 0 aliphatic carbocycles. The Bertz CT molecular complexity index is 870. The number of furan rings is 1. The molecule has 0 radical (unpaired) electrons. The van der Waals surface area contributed by atoms with Crippen LogP contribution in [0.3, 0.4) is 0 Å². The van der Waals surface area contributed by atoms with Crippen LogP contribution >= 0.6 is 0 Å². The van der Waals surface area contributed by atoms with Crippen molar-refractivity contribution in [2.75, 3.05) is 14.2 Å². The van der Waals surface area contributed by atoms with E-state index < -0.39 is 0 Å². The number of hydrogen-bond donors (Lipinski definition) is 0. The first-order valence-corrected chi connectivity index (χ1v) is 8.06. The molecule has 0 fully saturated rings. The van der Waals surface area contributed by atoms with E-state index in [9.17, 15) is 4.79 Å². The van der Waals surface area contributed by atoms with Gasteiger partial charge in [-0.15, -0.1) is 0 Å². The quantitative estimate of drug-likeness (QED) is 0.645. The molecule has 3 rings (SSSR count). The molecule has 2 heterocycles. The summed E-state index contributed by atoms with van der Waals surface area (Å²) in [6.07, 6.45) is 1.58. The van der Waals surface area contributed by atoms with Crippen molar-refractivity contribution in [3.63, 3.8) is 0 Å². The summed E-state index contributed by atoms with van der Waals surface area (Å²) in [7, 11) is 3.18. The topological polar surface area (TPSA) is 77.9 Å². The molecule has 7 heteroatoms. The van der Waals surface area contributed by atoms with E-state index >= 15 is 0 Å². The molecule has 3 aromatic rings. The van der Waals surface area contributed by atoms with E-state index in [0.29, 0.717) is 41.8 Å². The number of benzene rings is 1. The maximum Gasteiger partial charge on any atom is 0.220 e. The Morgan fingerprint density at radius 3 is 2.65 bits per heavy atom. The van der Waals surface area contributed by atoms with Crippen molar-refractivity contribution in [2.24, 2.45) is 0 Å². The molecular formula is C19H20N2O5. The average Bonchev–Trinajstić information content (AvgIpc) is 3.32. The van der Waals surface area contributed by atoms with Crippen molar-refractivity contribution in [3.8, 4) is 22.8 Å². The van der Waals surface area contributed by atoms with E-state index in [0.717, 1.165) is 5.56 Å². The van der Waals surface area contributed by atoms with Crippen LogP contribution in [-0.4, -0.2) is 30.2 Å². The van der Waals surface area contributed by atoms with Crippen LogP contribution in [0.1, 0.15) is 18.4 Å². The molecule has 7 nitrogen and oxygen atoms in total. The van der Waals surface area contributed by atoms with Gasteiger partial charge in [-0.25, -0.2) is 0 Å². The zero-order valence-electron chi connectivity index (χ0n) is 14.9. The Labute approximate surface area is 151 Å². The molecule has 0 aliphatic heterocycles. The molecule has 0 spiro atoms. The van der Waals surface area contributed by atoms with E-state index in [1.165, 1.54) is 6.92 Å². The van der Waals surface area contributed by atoms with Crippen LogP contribution < -0.4 is 9.47 Å². The van der Waals surface area contributed by atoms with Crippen LogP contribution in [0.4, 0.5) is 0 Å². The van der Waals surface area contributed by atoms with Crippen molar-refractivity contribution < 1.29 is 23.2 Å². The fourth-order valence-electron chi connectivity index (χ4n) is 2.58. The molecule has 0 aliphatic rings. The Kier molecular flexibility index (Phi) is 5.26. The van der Waals surface area contributed by atoms with Crippen molar-refractivity contribution in [2.45, 2.75) is 20.0 Å². The number of carbonyl (C=O) groups is 1. The number of ether oxygens (including phenoxy) is 2. The lowest BCUT2D eigenvalue weighted by atomic mass is 10.1. The largest absolute Gasteiger partial charge is 0.497 e. The van der Waals surface area contributed by atoms with E-state index in [-0.39, 0.29) is 5.91 Å². The fourth-order valence-corrected chi connectivity index (χ4v) is 2.58. The molecule has 0 N–H and O–H groups in total. The van der Waals surface area contributed by atoms with Gasteiger partial charge < -0.3 is 23.3 Å². The van der Waals surface area contributed by atoms with Crippen molar-refractivity contribution in [1.29, 1.82) is 0 Å². The molecule has 2 aromatic heterocycles. The van der Waals surface area contributed by atoms with Crippen LogP contribution in [0.5, 0.6) is 11.5 Å². The lowest BCUT2D eigenvalue weighted by Crippen LogP contribution is -2.27. The van der Waals surface area contributed by atoms with Gasteiger partial charge in [0.1, 0.15) is 23.0 Å². The third kappa shape index (κ3) is 3.88. The third-order valence-corrected chi connectivity index (χ3v) is 3.96. The molecule has 1 aromatic carbocycles. The summed E-state index contributed by atoms with van der Waals surface area (Å²) in [5.41, 5.74) is 1.36. The minimum atomic E-state index is -0.0788. The molecule has 0 atom stereocenters. The normalized spacial score (nSPS) is 10.6. The number of nitrogens with zero attached hydrogens (tertiary/aromatic N) is 2. The maximum atomic E-state index is 11.9. The highest BCUT2D eigenvalue weighted by molar-refractivity contribution is 5.73. The summed E-state index contributed by atoms with van der Waals surface area (Å²) < 4.78 is 21.4. The van der Waals surface area contributed by atoms with Gasteiger partial charge in [-0.2, -0.15) is 0 Å². The van der Waals surface area contributed by atoms with Crippen LogP contribution in [0.25, 0.3) is 11.3 Å². The zero-order valence-corrected chi connectivity index (χ0v) is 14.9. The van der Waals surface area contributed by atoms with Gasteiger partial charge in [0.05, 0.1) is 39.1 Å². The Morgan fingerprint density at radius 2 is 2.00 bits per heavy atom. The van der Waals surface area contributed by atoms with Gasteiger partial charge in [-0.05, 0) is 30.3 Å². The van der Waals surface area contributed by atoms with Crippen molar-refractivity contribution in [3.05, 3.63) is 54.1 Å². The predicted molar refractivity (Wildman–Crippen MR) is 93.7 cm³/mol. The minimum absolute atomic E-state index is 0.0788. The lowest BCUT2D eigenvalue weighted by Gasteiger charge is -2.18. The Balaban J connectivity index is 1.82. The summed E-state index contributed by atoms with van der Waals surface area (Å²) in [4.78, 5) is 13.6. The van der Waals surface area contributed by atoms with E-state index in [1.807, 2.05) is 12.1 Å². The molecular weight excluding hydrogens is 336 g/mol. The molecule has 1 amide bonds. The molecule has 136 valence electrons. The highest BCUT2D eigenvalue weighted by Crippen LogP contribution is 2.33. The first kappa shape index (κ1) is 17.6. The van der Waals surface area contributed by atoms with Gasteiger partial charge in [-0.3, -0.25) is 4.79 Å². The number of rotatable bonds is 7. The summed E-state index contributed by atoms with van der Waals surface area (Å²) in [6.45, 7) is 2.19. The highest BCUT2D eigenvalue weighted by Gasteiger charge is 2.17. The van der Waals surface area contributed by atoms with Crippen molar-refractivity contribution >= 4 is 5.91 Å². The van der Waals surface area contributed by atoms with Gasteiger partial charge in [0, 0.05) is 13.0 Å². The van der Waals surface area contributed by atoms with Crippen molar-refractivity contribution in [1.82, 2.24) is 10.1 Å². The average molecular weight is 356 g/mol. The SMILES string of the molecule is COc1ccc(OC)c(-c2cc(CN(Cc3ccco3)C(C)=O)no2)c1. The molecule has 26 heavy (non-hydrogen) atoms. The second-order valence-corrected chi connectivity index (χ2v) is 5.70. The maximum absolute atomic E-state index is 11.9. The van der Waals surface area contributed by atoms with Crippen LogP contribution in [0.2, 0.25) is 0 Å². The smallest absolute Gasteiger partial charge is 0.220 e. The summed E-state index contributed by atoms with van der Waals surface area (Å²) in [6, 6.07) is 10.8. The van der Waals surface area contributed by atoms with Crippen LogP contribution in [0.15, 0.2) is 51.6 Å². The monoisotopic (exact) mass is 356 g/mol. The van der Waals surface area contributed by atoms with Gasteiger partial charge in [0.2, 0.25) is 5.91 Å². The summed E-state index contributed by atoms with van der Waals surface area (Å²) in [5, 5.41) is 4.08. The van der Waals surface area contributed by atoms with Gasteiger partial charge in [0.15, 0.2) is 5.76 Å². The van der Waals surface area contributed by atoms with Crippen LogP contribution in [0, 0.1) is 0 Å². The molecule has 0 unspecified atom stereocenters. The number of hydrogen-bond acceptors (Lipinski definition) is 6. The molecule has 0 saturated heterocycles.